The van der Waals surface area contributed by atoms with Gasteiger partial charge in [0.15, 0.2) is 22.9 Å². The number of pyridine rings is 2. The predicted octanol–water partition coefficient (Wildman–Crippen LogP) is 6.24. The van der Waals surface area contributed by atoms with Crippen molar-refractivity contribution in [3.05, 3.63) is 40.9 Å². The van der Waals surface area contributed by atoms with Crippen LogP contribution in [0.2, 0.25) is 5.02 Å². The van der Waals surface area contributed by atoms with Crippen molar-refractivity contribution in [2.75, 3.05) is 25.5 Å². The minimum atomic E-state index is -0.0846. The molecule has 1 fully saturated rings. The number of fused-ring (bicyclic) bond motifs is 2. The Kier molecular flexibility index (Phi) is 13.1. The van der Waals surface area contributed by atoms with Crippen molar-refractivity contribution < 1.29 is 19.1 Å². The summed E-state index contributed by atoms with van der Waals surface area (Å²) in [6.07, 6.45) is 8.80. The van der Waals surface area contributed by atoms with Gasteiger partial charge in [-0.2, -0.15) is 10.2 Å². The fraction of sp³-hybridized carbons (Fsp3) is 0.462. The van der Waals surface area contributed by atoms with E-state index in [-0.39, 0.29) is 11.6 Å². The summed E-state index contributed by atoms with van der Waals surface area (Å²) in [5.41, 5.74) is 3.55. The van der Waals surface area contributed by atoms with Crippen LogP contribution in [-0.4, -0.2) is 72.2 Å². The number of aromatic nitrogens is 6. The van der Waals surface area contributed by atoms with E-state index in [0.29, 0.717) is 37.3 Å². The molecule has 40 heavy (non-hydrogen) atoms. The molecule has 1 saturated heterocycles. The number of nitrogens with one attached hydrogen (secondary N) is 1. The Labute approximate surface area is 268 Å². The zero-order chi connectivity index (χ0) is 29.4. The summed E-state index contributed by atoms with van der Waals surface area (Å²) in [5, 5.41) is 14.2. The van der Waals surface area contributed by atoms with Crippen LogP contribution in [0, 0.1) is 0 Å². The normalized spacial score (nSPS) is 13.8. The maximum absolute atomic E-state index is 12.0. The van der Waals surface area contributed by atoms with Crippen LogP contribution in [0.5, 0.6) is 0 Å². The molecule has 215 valence electrons. The average molecular weight is 830 g/mol. The number of halogens is 3. The van der Waals surface area contributed by atoms with Gasteiger partial charge >= 0.3 is 49.4 Å². The molecule has 10 nitrogen and oxygen atoms in total. The van der Waals surface area contributed by atoms with Crippen LogP contribution in [-0.2, 0) is 22.6 Å². The van der Waals surface area contributed by atoms with Crippen molar-refractivity contribution in [2.24, 2.45) is 0 Å². The molecule has 0 amide bonds. The van der Waals surface area contributed by atoms with Gasteiger partial charge in [-0.15, -0.1) is 0 Å². The first-order valence-electron chi connectivity index (χ1n) is 12.9. The number of likely N-dealkylation sites (tertiary alicyclic amines) is 1. The van der Waals surface area contributed by atoms with Crippen LogP contribution >= 0.6 is 51.6 Å². The molecule has 1 aliphatic rings. The Hall–Kier alpha value is -1.33. The summed E-state index contributed by atoms with van der Waals surface area (Å²) in [6, 6.07) is 0.393. The molecule has 5 heterocycles. The second-order valence-corrected chi connectivity index (χ2v) is 21.5. The van der Waals surface area contributed by atoms with Gasteiger partial charge in [-0.3, -0.25) is 9.59 Å². The van der Waals surface area contributed by atoms with E-state index in [4.69, 9.17) is 11.6 Å². The van der Waals surface area contributed by atoms with E-state index in [1.807, 2.05) is 24.7 Å². The second kappa shape index (κ2) is 15.8. The molecule has 0 radical (unpaired) electrons. The molecule has 0 aromatic carbocycles. The molecule has 0 atom stereocenters. The molecule has 4 aromatic heterocycles. The number of hydrogen-bond donors (Lipinski definition) is 1. The van der Waals surface area contributed by atoms with E-state index in [1.165, 1.54) is 13.1 Å². The first-order valence-corrected chi connectivity index (χ1v) is 22.3. The van der Waals surface area contributed by atoms with Crippen molar-refractivity contribution in [2.45, 2.75) is 59.7 Å². The van der Waals surface area contributed by atoms with Crippen molar-refractivity contribution in [3.63, 3.8) is 0 Å². The maximum atomic E-state index is 12.0. The van der Waals surface area contributed by atoms with Gasteiger partial charge in [0, 0.05) is 31.5 Å². The number of rotatable bonds is 6. The molecule has 1 aliphatic heterocycles. The summed E-state index contributed by atoms with van der Waals surface area (Å²) in [7, 11) is 2.77. The number of aryl methyl sites for hydroxylation is 2. The Morgan fingerprint density at radius 2 is 1.40 bits per heavy atom. The SMILES string of the molecule is CCn1ncc2c(Cl)c(C(C)=O)cnc21.CCn1ncc2c(NC3CCN(C)CC3)c(C(C)=O)cnc21.[I][V][I]. The molecule has 0 saturated carbocycles. The van der Waals surface area contributed by atoms with Gasteiger partial charge in [0.2, 0.25) is 0 Å². The third kappa shape index (κ3) is 7.94. The van der Waals surface area contributed by atoms with Crippen molar-refractivity contribution in [1.82, 2.24) is 34.4 Å². The minimum absolute atomic E-state index is 0.0362. The second-order valence-electron chi connectivity index (χ2n) is 9.33. The first-order chi connectivity index (χ1) is 19.2. The number of anilines is 1. The molecule has 1 N–H and O–H groups in total. The van der Waals surface area contributed by atoms with Crippen molar-refractivity contribution >= 4 is 90.9 Å². The van der Waals surface area contributed by atoms with Gasteiger partial charge in [0.05, 0.1) is 45.0 Å². The Morgan fingerprint density at radius 1 is 0.925 bits per heavy atom. The molecule has 5 rings (SSSR count). The van der Waals surface area contributed by atoms with E-state index >= 15 is 0 Å². The van der Waals surface area contributed by atoms with Crippen LogP contribution in [0.25, 0.3) is 22.1 Å². The predicted molar refractivity (Wildman–Crippen MR) is 174 cm³/mol. The quantitative estimate of drug-likeness (QED) is 0.180. The molecule has 0 unspecified atom stereocenters. The van der Waals surface area contributed by atoms with E-state index < -0.39 is 0 Å². The number of nitrogens with zero attached hydrogens (tertiary/aromatic N) is 7. The Balaban J connectivity index is 0.000000213. The van der Waals surface area contributed by atoms with Crippen LogP contribution in [0.3, 0.4) is 0 Å². The van der Waals surface area contributed by atoms with Crippen LogP contribution in [0.1, 0.15) is 61.3 Å². The zero-order valence-corrected chi connectivity index (χ0v) is 29.6. The van der Waals surface area contributed by atoms with Crippen LogP contribution < -0.4 is 5.32 Å². The number of hydrogen-bond acceptors (Lipinski definition) is 8. The number of piperidine rings is 1. The summed E-state index contributed by atoms with van der Waals surface area (Å²) in [5.74, 6) is -0.0484. The van der Waals surface area contributed by atoms with Gasteiger partial charge in [-0.05, 0) is 60.7 Å². The topological polar surface area (TPSA) is 111 Å². The first kappa shape index (κ1) is 33.2. The fourth-order valence-corrected chi connectivity index (χ4v) is 4.83. The Bertz CT molecular complexity index is 1470. The van der Waals surface area contributed by atoms with E-state index in [9.17, 15) is 9.59 Å². The third-order valence-corrected chi connectivity index (χ3v) is 7.10. The zero-order valence-electron chi connectivity index (χ0n) is 23.2. The summed E-state index contributed by atoms with van der Waals surface area (Å²) in [6.45, 7) is 10.7. The van der Waals surface area contributed by atoms with Gasteiger partial charge in [-0.1, -0.05) is 11.6 Å². The summed E-state index contributed by atoms with van der Waals surface area (Å²) in [4.78, 5) is 34.2. The van der Waals surface area contributed by atoms with E-state index in [0.717, 1.165) is 61.1 Å². The molecule has 0 bridgehead atoms. The standard InChI is InChI=1S/C16H23N5O.C10H10ClN3O.2HI.V/c1-4-21-16-14(10-18-21)15(13(9-17-16)11(2)22)19-12-5-7-20(3)8-6-12;1-3-14-10-8(5-13-14)9(11)7(4-12-10)6(2)15;;;/h9-10,12H,4-8H2,1-3H3,(H,17,19);4-5H,3H2,1-2H3;2*1H;/q;;;;+2/p-2. The number of ketones is 2. The third-order valence-electron chi connectivity index (χ3n) is 6.69. The number of Topliss-reactive ketones (excluding diaryl/α,β-unsaturated/α-hetero) is 2. The molecular weight excluding hydrogens is 797 g/mol. The molecule has 0 aliphatic carbocycles. The molecule has 14 heteroatoms. The van der Waals surface area contributed by atoms with Crippen molar-refractivity contribution in [3.8, 4) is 0 Å². The van der Waals surface area contributed by atoms with Gasteiger partial charge in [0.25, 0.3) is 0 Å². The summed E-state index contributed by atoms with van der Waals surface area (Å²) < 4.78 is 3.60. The van der Waals surface area contributed by atoms with Crippen molar-refractivity contribution in [1.29, 1.82) is 0 Å². The average Bonchev–Trinajstić information content (AvgIpc) is 3.55. The molecule has 4 aromatic rings. The monoisotopic (exact) mass is 829 g/mol. The molecular formula is C26H33ClI2N8O2V. The summed E-state index contributed by atoms with van der Waals surface area (Å²) >= 11 is 10.8. The van der Waals surface area contributed by atoms with E-state index in [1.54, 1.807) is 24.0 Å². The molecule has 0 spiro atoms. The number of carbonyl (C=O) groups excluding carboxylic acids is 2. The van der Waals surface area contributed by atoms with Crippen LogP contribution in [0.15, 0.2) is 24.8 Å². The van der Waals surface area contributed by atoms with Gasteiger partial charge < -0.3 is 10.2 Å². The number of carbonyl (C=O) groups is 2. The van der Waals surface area contributed by atoms with Gasteiger partial charge in [0.1, 0.15) is 0 Å². The van der Waals surface area contributed by atoms with Crippen LogP contribution in [0.4, 0.5) is 5.69 Å². The van der Waals surface area contributed by atoms with E-state index in [2.05, 4.69) is 77.4 Å². The Morgan fingerprint density at radius 3 is 1.90 bits per heavy atom. The fourth-order valence-electron chi connectivity index (χ4n) is 4.51. The van der Waals surface area contributed by atoms with Gasteiger partial charge in [-0.25, -0.2) is 19.3 Å².